The number of hydrogen-bond acceptors (Lipinski definition) is 4. The number of anilines is 2. The van der Waals surface area contributed by atoms with Gasteiger partial charge in [0.25, 0.3) is 0 Å². The minimum absolute atomic E-state index is 0.0124. The van der Waals surface area contributed by atoms with Crippen molar-refractivity contribution in [2.24, 2.45) is 0 Å². The van der Waals surface area contributed by atoms with Crippen LogP contribution in [0.15, 0.2) is 82.6 Å². The zero-order valence-corrected chi connectivity index (χ0v) is 21.3. The molecule has 1 saturated carbocycles. The van der Waals surface area contributed by atoms with E-state index in [2.05, 4.69) is 10.6 Å². The van der Waals surface area contributed by atoms with Crippen LogP contribution >= 0.6 is 11.6 Å². The van der Waals surface area contributed by atoms with Crippen molar-refractivity contribution in [2.45, 2.75) is 62.9 Å². The summed E-state index contributed by atoms with van der Waals surface area (Å²) in [6.07, 6.45) is 7.98. The number of fused-ring (bicyclic) bond motifs is 1. The van der Waals surface area contributed by atoms with Gasteiger partial charge in [-0.3, -0.25) is 9.69 Å². The monoisotopic (exact) mass is 515 g/mol. The van der Waals surface area contributed by atoms with E-state index in [0.29, 0.717) is 23.4 Å². The number of rotatable bonds is 3. The number of amides is 2. The van der Waals surface area contributed by atoms with Crippen LogP contribution in [0, 0.1) is 0 Å². The van der Waals surface area contributed by atoms with Gasteiger partial charge in [-0.1, -0.05) is 55.1 Å². The first-order valence-electron chi connectivity index (χ1n) is 13.1. The van der Waals surface area contributed by atoms with Crippen LogP contribution in [0.1, 0.15) is 68.2 Å². The fourth-order valence-corrected chi connectivity index (χ4v) is 6.12. The number of Topliss-reactive ketones (excluding diaryl/α,β-unsaturated/α-hetero) is 1. The van der Waals surface area contributed by atoms with Crippen molar-refractivity contribution in [3.05, 3.63) is 94.5 Å². The summed E-state index contributed by atoms with van der Waals surface area (Å²) in [5, 5.41) is 7.45. The number of carbonyl (C=O) groups excluding carboxylic acids is 2. The van der Waals surface area contributed by atoms with Gasteiger partial charge >= 0.3 is 6.03 Å². The number of allylic oxidation sites excluding steroid dienone is 1. The van der Waals surface area contributed by atoms with Crippen LogP contribution in [-0.2, 0) is 4.79 Å². The standard InChI is InChI=1S/C30H30ClN3O3/c31-21-14-12-19(13-15-21)29-28-24(17-20(18-26(28)35)27-11-6-16-37-27)33-23-9-4-5-10-25(23)34(29)30(36)32-22-7-2-1-3-8-22/h4-6,9-16,20,22,29,33H,1-3,7-8,17-18H2,(H,32,36)/t20-,29+/m1/s1. The van der Waals surface area contributed by atoms with Crippen molar-refractivity contribution in [3.8, 4) is 0 Å². The summed E-state index contributed by atoms with van der Waals surface area (Å²) < 4.78 is 5.68. The van der Waals surface area contributed by atoms with Crippen LogP contribution in [0.25, 0.3) is 0 Å². The molecule has 2 amide bonds. The number of halogens is 1. The molecule has 2 aromatic carbocycles. The highest BCUT2D eigenvalue weighted by molar-refractivity contribution is 6.30. The van der Waals surface area contributed by atoms with Crippen LogP contribution < -0.4 is 15.5 Å². The Labute approximate surface area is 221 Å². The molecule has 37 heavy (non-hydrogen) atoms. The van der Waals surface area contributed by atoms with Gasteiger partial charge in [0.1, 0.15) is 5.76 Å². The first kappa shape index (κ1) is 23.9. The molecule has 3 aromatic rings. The zero-order chi connectivity index (χ0) is 25.4. The predicted molar refractivity (Wildman–Crippen MR) is 145 cm³/mol. The third-order valence-electron chi connectivity index (χ3n) is 7.77. The molecule has 190 valence electrons. The zero-order valence-electron chi connectivity index (χ0n) is 20.6. The van der Waals surface area contributed by atoms with Gasteiger partial charge < -0.3 is 15.1 Å². The molecule has 2 aliphatic carbocycles. The van der Waals surface area contributed by atoms with Crippen molar-refractivity contribution >= 4 is 34.8 Å². The molecular weight excluding hydrogens is 486 g/mol. The van der Waals surface area contributed by atoms with Crippen molar-refractivity contribution < 1.29 is 14.0 Å². The fraction of sp³-hybridized carbons (Fsp3) is 0.333. The number of urea groups is 1. The molecule has 1 aromatic heterocycles. The van der Waals surface area contributed by atoms with Crippen molar-refractivity contribution in [2.75, 3.05) is 10.2 Å². The van der Waals surface area contributed by atoms with E-state index in [1.165, 1.54) is 6.42 Å². The number of hydrogen-bond donors (Lipinski definition) is 2. The lowest BCUT2D eigenvalue weighted by Gasteiger charge is -2.36. The van der Waals surface area contributed by atoms with Gasteiger partial charge in [0, 0.05) is 34.7 Å². The molecule has 2 heterocycles. The van der Waals surface area contributed by atoms with E-state index in [1.807, 2.05) is 60.7 Å². The van der Waals surface area contributed by atoms with E-state index in [9.17, 15) is 9.59 Å². The van der Waals surface area contributed by atoms with Crippen molar-refractivity contribution in [3.63, 3.8) is 0 Å². The summed E-state index contributed by atoms with van der Waals surface area (Å²) in [5.41, 5.74) is 3.85. The molecule has 1 aliphatic heterocycles. The maximum absolute atomic E-state index is 14.1. The van der Waals surface area contributed by atoms with Crippen LogP contribution in [-0.4, -0.2) is 17.9 Å². The molecule has 0 spiro atoms. The van der Waals surface area contributed by atoms with Crippen LogP contribution in [0.3, 0.4) is 0 Å². The molecule has 3 aliphatic rings. The average Bonchev–Trinajstić information content (AvgIpc) is 3.40. The second-order valence-corrected chi connectivity index (χ2v) is 10.6. The van der Waals surface area contributed by atoms with Gasteiger partial charge in [-0.25, -0.2) is 4.79 Å². The lowest BCUT2D eigenvalue weighted by Crippen LogP contribution is -2.48. The molecule has 7 heteroatoms. The summed E-state index contributed by atoms with van der Waals surface area (Å²) in [5.74, 6) is 0.752. The van der Waals surface area contributed by atoms with Crippen LogP contribution in [0.5, 0.6) is 0 Å². The number of para-hydroxylation sites is 2. The SMILES string of the molecule is O=C1C[C@H](c2ccco2)CC2=C1[C@H](c1ccc(Cl)cc1)N(C(=O)NC1CCCCC1)c1ccccc1N2. The molecule has 6 rings (SSSR count). The van der Waals surface area contributed by atoms with E-state index in [1.54, 1.807) is 11.2 Å². The second kappa shape index (κ2) is 10.1. The van der Waals surface area contributed by atoms with Gasteiger partial charge in [0.05, 0.1) is 23.7 Å². The van der Waals surface area contributed by atoms with Crippen molar-refractivity contribution in [1.82, 2.24) is 5.32 Å². The van der Waals surface area contributed by atoms with Crippen LogP contribution in [0.2, 0.25) is 5.02 Å². The Bertz CT molecular complexity index is 1330. The normalized spacial score (nSPS) is 22.1. The molecule has 0 unspecified atom stereocenters. The quantitative estimate of drug-likeness (QED) is 0.382. The molecule has 2 N–H and O–H groups in total. The molecular formula is C30H30ClN3O3. The summed E-state index contributed by atoms with van der Waals surface area (Å²) in [6, 6.07) is 18.4. The van der Waals surface area contributed by atoms with Gasteiger partial charge in [-0.2, -0.15) is 0 Å². The maximum Gasteiger partial charge on any atom is 0.323 e. The van der Waals surface area contributed by atoms with E-state index in [-0.39, 0.29) is 23.8 Å². The summed E-state index contributed by atoms with van der Waals surface area (Å²) in [4.78, 5) is 29.8. The maximum atomic E-state index is 14.1. The number of furan rings is 1. The highest BCUT2D eigenvalue weighted by Gasteiger charge is 2.42. The third-order valence-corrected chi connectivity index (χ3v) is 8.02. The summed E-state index contributed by atoms with van der Waals surface area (Å²) in [6.45, 7) is 0. The Morgan fingerprint density at radius 1 is 0.973 bits per heavy atom. The number of ketones is 1. The smallest absolute Gasteiger partial charge is 0.323 e. The molecule has 2 atom stereocenters. The number of carbonyl (C=O) groups is 2. The highest BCUT2D eigenvalue weighted by atomic mass is 35.5. The van der Waals surface area contributed by atoms with E-state index in [0.717, 1.165) is 54.1 Å². The largest absolute Gasteiger partial charge is 0.469 e. The Hall–Kier alpha value is -3.51. The van der Waals surface area contributed by atoms with E-state index < -0.39 is 6.04 Å². The Morgan fingerprint density at radius 2 is 1.76 bits per heavy atom. The Kier molecular flexibility index (Phi) is 6.51. The van der Waals surface area contributed by atoms with E-state index >= 15 is 0 Å². The highest BCUT2D eigenvalue weighted by Crippen LogP contribution is 2.47. The molecule has 1 fully saturated rings. The minimum atomic E-state index is -0.586. The van der Waals surface area contributed by atoms with Gasteiger partial charge in [0.2, 0.25) is 0 Å². The minimum Gasteiger partial charge on any atom is -0.469 e. The predicted octanol–water partition coefficient (Wildman–Crippen LogP) is 7.35. The average molecular weight is 516 g/mol. The van der Waals surface area contributed by atoms with Gasteiger partial charge in [0.15, 0.2) is 5.78 Å². The number of nitrogens with one attached hydrogen (secondary N) is 2. The lowest BCUT2D eigenvalue weighted by atomic mass is 9.80. The molecule has 0 saturated heterocycles. The van der Waals surface area contributed by atoms with Gasteiger partial charge in [-0.15, -0.1) is 0 Å². The Morgan fingerprint density at radius 3 is 2.51 bits per heavy atom. The summed E-state index contributed by atoms with van der Waals surface area (Å²) >= 11 is 6.24. The number of benzene rings is 2. The first-order chi connectivity index (χ1) is 18.1. The molecule has 0 radical (unpaired) electrons. The topological polar surface area (TPSA) is 74.6 Å². The third kappa shape index (κ3) is 4.66. The van der Waals surface area contributed by atoms with Crippen LogP contribution in [0.4, 0.5) is 16.2 Å². The van der Waals surface area contributed by atoms with Crippen molar-refractivity contribution in [1.29, 1.82) is 0 Å². The fourth-order valence-electron chi connectivity index (χ4n) is 5.99. The van der Waals surface area contributed by atoms with E-state index in [4.69, 9.17) is 16.0 Å². The molecule has 0 bridgehead atoms. The Balaban J connectivity index is 1.49. The number of nitrogens with zero attached hydrogens (tertiary/aromatic N) is 1. The summed E-state index contributed by atoms with van der Waals surface area (Å²) in [7, 11) is 0. The lowest BCUT2D eigenvalue weighted by molar-refractivity contribution is -0.116. The van der Waals surface area contributed by atoms with Gasteiger partial charge in [-0.05, 0) is 61.2 Å². The first-order valence-corrected chi connectivity index (χ1v) is 13.5. The molecule has 6 nitrogen and oxygen atoms in total. The second-order valence-electron chi connectivity index (χ2n) is 10.2.